The van der Waals surface area contributed by atoms with Crippen molar-refractivity contribution in [3.63, 3.8) is 0 Å². The molecule has 0 saturated heterocycles. The van der Waals surface area contributed by atoms with Crippen LogP contribution in [0.4, 0.5) is 0 Å². The first-order valence-corrected chi connectivity index (χ1v) is 5.87. The summed E-state index contributed by atoms with van der Waals surface area (Å²) in [5.41, 5.74) is 1.90. The molecule has 0 bridgehead atoms. The number of hydrogen-bond donors (Lipinski definition) is 1. The molecule has 0 spiro atoms. The van der Waals surface area contributed by atoms with Crippen LogP contribution in [0.2, 0.25) is 0 Å². The van der Waals surface area contributed by atoms with Crippen molar-refractivity contribution in [3.05, 3.63) is 16.6 Å². The Balaban J connectivity index is 2.33. The van der Waals surface area contributed by atoms with Crippen LogP contribution in [0, 0.1) is 0 Å². The lowest BCUT2D eigenvalue weighted by Gasteiger charge is -2.23. The second kappa shape index (κ2) is 6.11. The molecule has 0 aliphatic heterocycles. The van der Waals surface area contributed by atoms with Gasteiger partial charge in [0.25, 0.3) is 0 Å². The highest BCUT2D eigenvalue weighted by Crippen LogP contribution is 2.21. The number of aromatic nitrogens is 1. The average molecular weight is 213 g/mol. The number of thiazole rings is 1. The van der Waals surface area contributed by atoms with Gasteiger partial charge in [0.15, 0.2) is 0 Å². The molecular formula is C10H19N3S. The summed E-state index contributed by atoms with van der Waals surface area (Å²) in [6.45, 7) is 4.44. The molecule has 0 aliphatic carbocycles. The van der Waals surface area contributed by atoms with Gasteiger partial charge in [-0.1, -0.05) is 0 Å². The van der Waals surface area contributed by atoms with E-state index in [0.29, 0.717) is 6.04 Å². The fraction of sp³-hybridized carbons (Fsp3) is 0.700. The second-order valence-electron chi connectivity index (χ2n) is 3.52. The molecular weight excluding hydrogens is 194 g/mol. The van der Waals surface area contributed by atoms with E-state index in [2.05, 4.69) is 29.2 Å². The molecule has 4 heteroatoms. The summed E-state index contributed by atoms with van der Waals surface area (Å²) in [6, 6.07) is 0.486. The van der Waals surface area contributed by atoms with Gasteiger partial charge in [0.05, 0.1) is 5.51 Å². The highest BCUT2D eigenvalue weighted by molar-refractivity contribution is 7.09. The van der Waals surface area contributed by atoms with Gasteiger partial charge in [-0.05, 0) is 40.5 Å². The first-order chi connectivity index (χ1) is 6.75. The van der Waals surface area contributed by atoms with Crippen molar-refractivity contribution in [2.24, 2.45) is 0 Å². The van der Waals surface area contributed by atoms with Crippen LogP contribution < -0.4 is 5.32 Å². The van der Waals surface area contributed by atoms with Crippen LogP contribution in [0.3, 0.4) is 0 Å². The van der Waals surface area contributed by atoms with Crippen LogP contribution in [-0.4, -0.2) is 37.1 Å². The third-order valence-corrected chi connectivity index (χ3v) is 3.41. The zero-order chi connectivity index (χ0) is 10.4. The summed E-state index contributed by atoms with van der Waals surface area (Å²) in [5, 5.41) is 3.16. The largest absolute Gasteiger partial charge is 0.320 e. The highest BCUT2D eigenvalue weighted by Gasteiger charge is 2.11. The fourth-order valence-corrected chi connectivity index (χ4v) is 2.09. The van der Waals surface area contributed by atoms with Gasteiger partial charge >= 0.3 is 0 Å². The molecule has 1 atom stereocenters. The van der Waals surface area contributed by atoms with E-state index in [9.17, 15) is 0 Å². The summed E-state index contributed by atoms with van der Waals surface area (Å²) in [4.78, 5) is 7.81. The first kappa shape index (κ1) is 11.6. The van der Waals surface area contributed by atoms with Crippen molar-refractivity contribution in [1.29, 1.82) is 0 Å². The molecule has 1 unspecified atom stereocenters. The van der Waals surface area contributed by atoms with Gasteiger partial charge in [-0.25, -0.2) is 0 Å². The maximum absolute atomic E-state index is 4.10. The SMILES string of the molecule is CNCCCN(C)C(C)c1cncs1. The first-order valence-electron chi connectivity index (χ1n) is 4.99. The Morgan fingerprint density at radius 1 is 1.64 bits per heavy atom. The average Bonchev–Trinajstić information content (AvgIpc) is 2.69. The summed E-state index contributed by atoms with van der Waals surface area (Å²) in [7, 11) is 4.16. The lowest BCUT2D eigenvalue weighted by Crippen LogP contribution is -2.25. The van der Waals surface area contributed by atoms with Gasteiger partial charge in [0, 0.05) is 17.1 Å². The Morgan fingerprint density at radius 2 is 2.43 bits per heavy atom. The zero-order valence-corrected chi connectivity index (χ0v) is 9.97. The normalized spacial score (nSPS) is 13.4. The summed E-state index contributed by atoms with van der Waals surface area (Å²) >= 11 is 1.73. The van der Waals surface area contributed by atoms with Crippen molar-refractivity contribution in [1.82, 2.24) is 15.2 Å². The molecule has 1 aromatic rings. The smallest absolute Gasteiger partial charge is 0.0794 e. The molecule has 0 aromatic carbocycles. The summed E-state index contributed by atoms with van der Waals surface area (Å²) < 4.78 is 0. The van der Waals surface area contributed by atoms with Crippen molar-refractivity contribution in [2.75, 3.05) is 27.2 Å². The number of nitrogens with one attached hydrogen (secondary N) is 1. The van der Waals surface area contributed by atoms with Gasteiger partial charge in [0.2, 0.25) is 0 Å². The van der Waals surface area contributed by atoms with Crippen LogP contribution in [0.15, 0.2) is 11.7 Å². The predicted octanol–water partition coefficient (Wildman–Crippen LogP) is 1.75. The summed E-state index contributed by atoms with van der Waals surface area (Å²) in [5.74, 6) is 0. The zero-order valence-electron chi connectivity index (χ0n) is 9.16. The standard InChI is InChI=1S/C10H19N3S/c1-9(10-7-12-8-14-10)13(3)6-4-5-11-2/h7-9,11H,4-6H2,1-3H3. The van der Waals surface area contributed by atoms with Gasteiger partial charge in [-0.3, -0.25) is 9.88 Å². The fourth-order valence-electron chi connectivity index (χ4n) is 1.35. The van der Waals surface area contributed by atoms with Crippen LogP contribution in [0.1, 0.15) is 24.3 Å². The lowest BCUT2D eigenvalue weighted by atomic mass is 10.2. The molecule has 1 N–H and O–H groups in total. The second-order valence-corrected chi connectivity index (χ2v) is 4.44. The monoisotopic (exact) mass is 213 g/mol. The van der Waals surface area contributed by atoms with Crippen molar-refractivity contribution < 1.29 is 0 Å². The van der Waals surface area contributed by atoms with E-state index in [1.165, 1.54) is 11.3 Å². The Hall–Kier alpha value is -0.450. The van der Waals surface area contributed by atoms with Gasteiger partial charge in [0.1, 0.15) is 0 Å². The molecule has 1 aromatic heterocycles. The van der Waals surface area contributed by atoms with E-state index in [4.69, 9.17) is 0 Å². The van der Waals surface area contributed by atoms with Gasteiger partial charge < -0.3 is 5.32 Å². The molecule has 1 heterocycles. The van der Waals surface area contributed by atoms with Crippen LogP contribution in [0.25, 0.3) is 0 Å². The van der Waals surface area contributed by atoms with Crippen molar-refractivity contribution in [3.8, 4) is 0 Å². The van der Waals surface area contributed by atoms with E-state index in [1.54, 1.807) is 11.3 Å². The molecule has 14 heavy (non-hydrogen) atoms. The number of hydrogen-bond acceptors (Lipinski definition) is 4. The number of nitrogens with zero attached hydrogens (tertiary/aromatic N) is 2. The van der Waals surface area contributed by atoms with Crippen molar-refractivity contribution >= 4 is 11.3 Å². The quantitative estimate of drug-likeness (QED) is 0.730. The highest BCUT2D eigenvalue weighted by atomic mass is 32.1. The predicted molar refractivity (Wildman–Crippen MR) is 61.7 cm³/mol. The van der Waals surface area contributed by atoms with Crippen LogP contribution in [0.5, 0.6) is 0 Å². The minimum Gasteiger partial charge on any atom is -0.320 e. The Kier molecular flexibility index (Phi) is 5.07. The third kappa shape index (κ3) is 3.36. The van der Waals surface area contributed by atoms with Crippen molar-refractivity contribution in [2.45, 2.75) is 19.4 Å². The maximum Gasteiger partial charge on any atom is 0.0794 e. The molecule has 0 fully saturated rings. The van der Waals surface area contributed by atoms with Crippen LogP contribution >= 0.6 is 11.3 Å². The minimum absolute atomic E-state index is 0.486. The van der Waals surface area contributed by atoms with E-state index in [0.717, 1.165) is 13.1 Å². The van der Waals surface area contributed by atoms with Gasteiger partial charge in [-0.15, -0.1) is 11.3 Å². The maximum atomic E-state index is 4.10. The molecule has 0 radical (unpaired) electrons. The van der Waals surface area contributed by atoms with E-state index in [1.807, 2.05) is 18.8 Å². The molecule has 0 amide bonds. The molecule has 0 saturated carbocycles. The Bertz CT molecular complexity index is 236. The number of rotatable bonds is 6. The summed E-state index contributed by atoms with van der Waals surface area (Å²) in [6.07, 6.45) is 3.15. The van der Waals surface area contributed by atoms with Crippen LogP contribution in [-0.2, 0) is 0 Å². The van der Waals surface area contributed by atoms with E-state index < -0.39 is 0 Å². The Labute approximate surface area is 90.2 Å². The minimum atomic E-state index is 0.486. The topological polar surface area (TPSA) is 28.2 Å². The lowest BCUT2D eigenvalue weighted by molar-refractivity contribution is 0.261. The molecule has 80 valence electrons. The Morgan fingerprint density at radius 3 is 3.00 bits per heavy atom. The van der Waals surface area contributed by atoms with E-state index in [-0.39, 0.29) is 0 Å². The van der Waals surface area contributed by atoms with E-state index >= 15 is 0 Å². The molecule has 3 nitrogen and oxygen atoms in total. The third-order valence-electron chi connectivity index (χ3n) is 2.46. The molecule has 1 rings (SSSR count). The molecule has 0 aliphatic rings. The van der Waals surface area contributed by atoms with Gasteiger partial charge in [-0.2, -0.15) is 0 Å².